The molecule has 1 saturated heterocycles. The summed E-state index contributed by atoms with van der Waals surface area (Å²) in [6.45, 7) is 11.4. The number of hydrogen-bond acceptors (Lipinski definition) is 2. The Bertz CT molecular complexity index is 377. The van der Waals surface area contributed by atoms with E-state index in [0.29, 0.717) is 5.92 Å². The van der Waals surface area contributed by atoms with Crippen molar-refractivity contribution in [3.05, 3.63) is 29.3 Å². The second-order valence-electron chi connectivity index (χ2n) is 5.49. The van der Waals surface area contributed by atoms with Crippen LogP contribution in [0.1, 0.15) is 30.9 Å². The summed E-state index contributed by atoms with van der Waals surface area (Å²) < 4.78 is 0. The van der Waals surface area contributed by atoms with Crippen LogP contribution in [0.15, 0.2) is 18.2 Å². The fourth-order valence-electron chi connectivity index (χ4n) is 2.51. The molecule has 94 valence electrons. The molecule has 17 heavy (non-hydrogen) atoms. The second-order valence-corrected chi connectivity index (χ2v) is 5.49. The van der Waals surface area contributed by atoms with Crippen LogP contribution < -0.4 is 4.90 Å². The van der Waals surface area contributed by atoms with Crippen molar-refractivity contribution < 1.29 is 0 Å². The quantitative estimate of drug-likeness (QED) is 0.773. The molecule has 2 nitrogen and oxygen atoms in total. The molecule has 0 aromatic heterocycles. The lowest BCUT2D eigenvalue weighted by molar-refractivity contribution is 0.313. The molecule has 1 heterocycles. The molecular weight excluding hydrogens is 208 g/mol. The highest BCUT2D eigenvalue weighted by Gasteiger charge is 2.15. The van der Waals surface area contributed by atoms with Crippen molar-refractivity contribution in [1.82, 2.24) is 4.90 Å². The van der Waals surface area contributed by atoms with Crippen LogP contribution in [0.3, 0.4) is 0 Å². The van der Waals surface area contributed by atoms with Gasteiger partial charge < -0.3 is 9.80 Å². The van der Waals surface area contributed by atoms with Gasteiger partial charge in [-0.05, 0) is 43.1 Å². The van der Waals surface area contributed by atoms with Gasteiger partial charge in [-0.15, -0.1) is 0 Å². The number of rotatable bonds is 2. The Kier molecular flexibility index (Phi) is 3.72. The van der Waals surface area contributed by atoms with Crippen LogP contribution in [-0.2, 0) is 0 Å². The maximum Gasteiger partial charge on any atom is 0.0370 e. The largest absolute Gasteiger partial charge is 0.369 e. The summed E-state index contributed by atoms with van der Waals surface area (Å²) in [4.78, 5) is 4.90. The van der Waals surface area contributed by atoms with Gasteiger partial charge in [0.1, 0.15) is 0 Å². The summed E-state index contributed by atoms with van der Waals surface area (Å²) in [5, 5.41) is 0. The molecule has 1 aliphatic heterocycles. The number of likely N-dealkylation sites (N-methyl/N-ethyl adjacent to an activating group) is 1. The molecule has 0 spiro atoms. The summed E-state index contributed by atoms with van der Waals surface area (Å²) >= 11 is 0. The first-order valence-corrected chi connectivity index (χ1v) is 6.62. The number of hydrogen-bond donors (Lipinski definition) is 0. The van der Waals surface area contributed by atoms with E-state index in [1.807, 2.05) is 0 Å². The summed E-state index contributed by atoms with van der Waals surface area (Å²) in [5.41, 5.74) is 4.30. The van der Waals surface area contributed by atoms with Crippen molar-refractivity contribution in [3.8, 4) is 0 Å². The molecule has 1 aromatic carbocycles. The fourth-order valence-corrected chi connectivity index (χ4v) is 2.51. The van der Waals surface area contributed by atoms with E-state index in [9.17, 15) is 0 Å². The highest BCUT2D eigenvalue weighted by atomic mass is 15.2. The maximum atomic E-state index is 2.51. The molecule has 2 rings (SSSR count). The molecule has 2 heteroatoms. The van der Waals surface area contributed by atoms with Crippen molar-refractivity contribution >= 4 is 5.69 Å². The minimum Gasteiger partial charge on any atom is -0.369 e. The van der Waals surface area contributed by atoms with Gasteiger partial charge in [0.2, 0.25) is 0 Å². The summed E-state index contributed by atoms with van der Waals surface area (Å²) in [7, 11) is 2.20. The molecule has 0 bridgehead atoms. The van der Waals surface area contributed by atoms with Gasteiger partial charge in [-0.25, -0.2) is 0 Å². The molecule has 1 aromatic rings. The monoisotopic (exact) mass is 232 g/mol. The standard InChI is InChI=1S/C15H24N2/c1-12(2)15-11-14(6-5-13(15)3)17-9-7-16(4)8-10-17/h5-6,11-12H,7-10H2,1-4H3. The van der Waals surface area contributed by atoms with Crippen LogP contribution in [0.25, 0.3) is 0 Å². The van der Waals surface area contributed by atoms with Crippen LogP contribution in [0.4, 0.5) is 5.69 Å². The van der Waals surface area contributed by atoms with E-state index in [4.69, 9.17) is 0 Å². The maximum absolute atomic E-state index is 2.51. The topological polar surface area (TPSA) is 6.48 Å². The van der Waals surface area contributed by atoms with Crippen molar-refractivity contribution in [2.24, 2.45) is 0 Å². The van der Waals surface area contributed by atoms with Gasteiger partial charge in [-0.3, -0.25) is 0 Å². The van der Waals surface area contributed by atoms with E-state index in [0.717, 1.165) is 13.1 Å². The minimum absolute atomic E-state index is 0.613. The van der Waals surface area contributed by atoms with Crippen LogP contribution in [0.5, 0.6) is 0 Å². The predicted octanol–water partition coefficient (Wildman–Crippen LogP) is 2.87. The molecule has 0 radical (unpaired) electrons. The predicted molar refractivity (Wildman–Crippen MR) is 75.0 cm³/mol. The summed E-state index contributed by atoms with van der Waals surface area (Å²) in [6.07, 6.45) is 0. The van der Waals surface area contributed by atoms with Crippen molar-refractivity contribution in [2.75, 3.05) is 38.1 Å². The second kappa shape index (κ2) is 5.09. The average Bonchev–Trinajstić information content (AvgIpc) is 2.30. The smallest absolute Gasteiger partial charge is 0.0370 e. The highest BCUT2D eigenvalue weighted by molar-refractivity contribution is 5.52. The third-order valence-corrected chi connectivity index (χ3v) is 3.75. The van der Waals surface area contributed by atoms with E-state index in [1.54, 1.807) is 0 Å². The zero-order valence-corrected chi connectivity index (χ0v) is 11.5. The van der Waals surface area contributed by atoms with Crippen LogP contribution in [0, 0.1) is 6.92 Å². The molecule has 0 aliphatic carbocycles. The van der Waals surface area contributed by atoms with Gasteiger partial charge in [-0.2, -0.15) is 0 Å². The first kappa shape index (κ1) is 12.4. The van der Waals surface area contributed by atoms with E-state index in [2.05, 4.69) is 55.8 Å². The van der Waals surface area contributed by atoms with E-state index >= 15 is 0 Å². The van der Waals surface area contributed by atoms with Gasteiger partial charge >= 0.3 is 0 Å². The highest BCUT2D eigenvalue weighted by Crippen LogP contribution is 2.25. The third-order valence-electron chi connectivity index (χ3n) is 3.75. The first-order chi connectivity index (χ1) is 8.08. The number of aryl methyl sites for hydroxylation is 1. The lowest BCUT2D eigenvalue weighted by atomic mass is 9.97. The lowest BCUT2D eigenvalue weighted by Crippen LogP contribution is -2.44. The Hall–Kier alpha value is -1.02. The first-order valence-electron chi connectivity index (χ1n) is 6.62. The number of piperazine rings is 1. The van der Waals surface area contributed by atoms with Gasteiger partial charge in [0.15, 0.2) is 0 Å². The summed E-state index contributed by atoms with van der Waals surface area (Å²) in [5.74, 6) is 0.613. The normalized spacial score (nSPS) is 17.8. The Labute approximate surface area is 105 Å². The fraction of sp³-hybridized carbons (Fsp3) is 0.600. The summed E-state index contributed by atoms with van der Waals surface area (Å²) in [6, 6.07) is 6.92. The average molecular weight is 232 g/mol. The lowest BCUT2D eigenvalue weighted by Gasteiger charge is -2.34. The Morgan fingerprint density at radius 2 is 1.71 bits per heavy atom. The Morgan fingerprint density at radius 1 is 1.06 bits per heavy atom. The van der Waals surface area contributed by atoms with Gasteiger partial charge in [-0.1, -0.05) is 19.9 Å². The van der Waals surface area contributed by atoms with Gasteiger partial charge in [0.25, 0.3) is 0 Å². The van der Waals surface area contributed by atoms with Crippen molar-refractivity contribution in [1.29, 1.82) is 0 Å². The molecule has 0 unspecified atom stereocenters. The Balaban J connectivity index is 2.19. The van der Waals surface area contributed by atoms with Crippen LogP contribution >= 0.6 is 0 Å². The molecule has 0 saturated carbocycles. The molecule has 0 N–H and O–H groups in total. The van der Waals surface area contributed by atoms with Crippen LogP contribution in [0.2, 0.25) is 0 Å². The third kappa shape index (κ3) is 2.81. The number of nitrogens with zero attached hydrogens (tertiary/aromatic N) is 2. The number of benzene rings is 1. The zero-order chi connectivity index (χ0) is 12.4. The van der Waals surface area contributed by atoms with Crippen molar-refractivity contribution in [3.63, 3.8) is 0 Å². The van der Waals surface area contributed by atoms with E-state index < -0.39 is 0 Å². The number of anilines is 1. The van der Waals surface area contributed by atoms with Gasteiger partial charge in [0.05, 0.1) is 0 Å². The molecule has 1 fully saturated rings. The molecule has 0 atom stereocenters. The Morgan fingerprint density at radius 3 is 2.29 bits per heavy atom. The van der Waals surface area contributed by atoms with Gasteiger partial charge in [0, 0.05) is 31.9 Å². The SMILES string of the molecule is Cc1ccc(N2CCN(C)CC2)cc1C(C)C. The molecule has 0 amide bonds. The van der Waals surface area contributed by atoms with E-state index in [-0.39, 0.29) is 0 Å². The molecular formula is C15H24N2. The van der Waals surface area contributed by atoms with E-state index in [1.165, 1.54) is 29.9 Å². The zero-order valence-electron chi connectivity index (χ0n) is 11.5. The van der Waals surface area contributed by atoms with Crippen LogP contribution in [-0.4, -0.2) is 38.1 Å². The molecule has 1 aliphatic rings. The minimum atomic E-state index is 0.613. The van der Waals surface area contributed by atoms with Crippen molar-refractivity contribution in [2.45, 2.75) is 26.7 Å².